The van der Waals surface area contributed by atoms with Crippen LogP contribution in [-0.4, -0.2) is 60.8 Å². The molecule has 4 rings (SSSR count). The van der Waals surface area contributed by atoms with Gasteiger partial charge in [-0.15, -0.1) is 11.8 Å². The molecule has 1 atom stereocenters. The van der Waals surface area contributed by atoms with E-state index in [1.54, 1.807) is 7.11 Å². The van der Waals surface area contributed by atoms with Crippen LogP contribution in [0.25, 0.3) is 0 Å². The fraction of sp³-hybridized carbons (Fsp3) is 0.536. The molecule has 2 aromatic rings. The van der Waals surface area contributed by atoms with Crippen molar-refractivity contribution in [2.45, 2.75) is 55.6 Å². The van der Waals surface area contributed by atoms with Gasteiger partial charge in [-0.3, -0.25) is 4.79 Å². The minimum Gasteiger partial charge on any atom is -0.497 e. The number of benzene rings is 2. The Balaban J connectivity index is 1.20. The monoisotopic (exact) mass is 466 g/mol. The average Bonchev–Trinajstić information content (AvgIpc) is 2.83. The molecule has 2 heterocycles. The summed E-state index contributed by atoms with van der Waals surface area (Å²) in [6.45, 7) is 7.24. The summed E-state index contributed by atoms with van der Waals surface area (Å²) < 4.78 is 5.41. The Morgan fingerprint density at radius 1 is 1.09 bits per heavy atom. The summed E-state index contributed by atoms with van der Waals surface area (Å²) in [6.07, 6.45) is 6.26. The summed E-state index contributed by atoms with van der Waals surface area (Å²) in [4.78, 5) is 19.0. The molecule has 0 radical (unpaired) electrons. The number of nitrogens with zero attached hydrogens (tertiary/aromatic N) is 2. The lowest BCUT2D eigenvalue weighted by Crippen LogP contribution is -2.39. The van der Waals surface area contributed by atoms with Gasteiger partial charge in [0, 0.05) is 29.7 Å². The average molecular weight is 467 g/mol. The number of carbonyl (C=O) groups is 1. The number of hydrogen-bond acceptors (Lipinski definition) is 4. The SMILES string of the molecule is COc1ccc2c(c1)CCN(C(=O)CCCN1CCC(Cc3ccccc3)CC1)C[C@@H](C)S2. The maximum Gasteiger partial charge on any atom is 0.222 e. The van der Waals surface area contributed by atoms with Crippen molar-refractivity contribution in [3.8, 4) is 5.75 Å². The van der Waals surface area contributed by atoms with E-state index in [1.807, 2.05) is 17.8 Å². The van der Waals surface area contributed by atoms with Gasteiger partial charge in [-0.1, -0.05) is 37.3 Å². The van der Waals surface area contributed by atoms with Crippen molar-refractivity contribution in [3.05, 3.63) is 59.7 Å². The molecule has 2 aliphatic heterocycles. The predicted octanol–water partition coefficient (Wildman–Crippen LogP) is 5.30. The molecule has 2 aliphatic rings. The molecule has 4 nitrogen and oxygen atoms in total. The van der Waals surface area contributed by atoms with E-state index >= 15 is 0 Å². The lowest BCUT2D eigenvalue weighted by atomic mass is 9.90. The van der Waals surface area contributed by atoms with Gasteiger partial charge in [0.05, 0.1) is 7.11 Å². The summed E-state index contributed by atoms with van der Waals surface area (Å²) >= 11 is 1.88. The van der Waals surface area contributed by atoms with Crippen molar-refractivity contribution in [2.24, 2.45) is 5.92 Å². The summed E-state index contributed by atoms with van der Waals surface area (Å²) in [7, 11) is 1.71. The molecule has 0 spiro atoms. The van der Waals surface area contributed by atoms with Crippen LogP contribution in [0.5, 0.6) is 5.75 Å². The number of hydrogen-bond donors (Lipinski definition) is 0. The van der Waals surface area contributed by atoms with Crippen LogP contribution in [0.15, 0.2) is 53.4 Å². The van der Waals surface area contributed by atoms with Crippen molar-refractivity contribution in [1.82, 2.24) is 9.80 Å². The van der Waals surface area contributed by atoms with E-state index in [0.717, 1.165) is 44.1 Å². The summed E-state index contributed by atoms with van der Waals surface area (Å²) in [5.74, 6) is 2.01. The van der Waals surface area contributed by atoms with Crippen molar-refractivity contribution in [3.63, 3.8) is 0 Å². The molecule has 0 aromatic heterocycles. The number of amides is 1. The molecule has 33 heavy (non-hydrogen) atoms. The largest absolute Gasteiger partial charge is 0.497 e. The second-order valence-corrected chi connectivity index (χ2v) is 11.1. The number of carbonyl (C=O) groups excluding carboxylic acids is 1. The van der Waals surface area contributed by atoms with Crippen molar-refractivity contribution >= 4 is 17.7 Å². The standard InChI is InChI=1S/C28H38N2O2S/c1-22-21-30(18-14-25-20-26(32-2)10-11-27(25)33-22)28(31)9-6-15-29-16-12-24(13-17-29)19-23-7-4-3-5-8-23/h3-5,7-8,10-11,20,22,24H,6,9,12-19,21H2,1-2H3/t22-/m1/s1. The fourth-order valence-electron chi connectivity index (χ4n) is 5.10. The Morgan fingerprint density at radius 3 is 2.64 bits per heavy atom. The fourth-order valence-corrected chi connectivity index (χ4v) is 6.25. The maximum atomic E-state index is 13.0. The quantitative estimate of drug-likeness (QED) is 0.555. The number of fused-ring (bicyclic) bond motifs is 1. The van der Waals surface area contributed by atoms with E-state index in [0.29, 0.717) is 17.6 Å². The number of piperidine rings is 1. The highest BCUT2D eigenvalue weighted by molar-refractivity contribution is 8.00. The first kappa shape index (κ1) is 24.2. The molecular weight excluding hydrogens is 428 g/mol. The third kappa shape index (κ3) is 7.00. The summed E-state index contributed by atoms with van der Waals surface area (Å²) in [6, 6.07) is 17.2. The van der Waals surface area contributed by atoms with Crippen LogP contribution in [0.3, 0.4) is 0 Å². The van der Waals surface area contributed by atoms with Crippen molar-refractivity contribution in [1.29, 1.82) is 0 Å². The summed E-state index contributed by atoms with van der Waals surface area (Å²) in [5.41, 5.74) is 2.75. The molecule has 0 unspecified atom stereocenters. The van der Waals surface area contributed by atoms with Gasteiger partial charge in [0.2, 0.25) is 5.91 Å². The normalized spacial score (nSPS) is 20.1. The zero-order chi connectivity index (χ0) is 23.0. The molecule has 5 heteroatoms. The molecule has 1 fully saturated rings. The number of rotatable bonds is 7. The minimum absolute atomic E-state index is 0.313. The Kier molecular flexibility index (Phi) is 8.74. The van der Waals surface area contributed by atoms with Crippen LogP contribution in [0.4, 0.5) is 0 Å². The van der Waals surface area contributed by atoms with Gasteiger partial charge in [-0.2, -0.15) is 0 Å². The molecule has 0 N–H and O–H groups in total. The van der Waals surface area contributed by atoms with Crippen LogP contribution in [-0.2, 0) is 17.6 Å². The molecular formula is C28H38N2O2S. The van der Waals surface area contributed by atoms with Crippen LogP contribution < -0.4 is 4.74 Å². The Labute approximate surface area is 203 Å². The van der Waals surface area contributed by atoms with E-state index in [4.69, 9.17) is 4.74 Å². The second kappa shape index (κ2) is 11.9. The van der Waals surface area contributed by atoms with Gasteiger partial charge in [-0.25, -0.2) is 0 Å². The van der Waals surface area contributed by atoms with E-state index in [9.17, 15) is 4.79 Å². The highest BCUT2D eigenvalue weighted by atomic mass is 32.2. The molecule has 178 valence electrons. The van der Waals surface area contributed by atoms with Gasteiger partial charge >= 0.3 is 0 Å². The first-order chi connectivity index (χ1) is 16.1. The van der Waals surface area contributed by atoms with Gasteiger partial charge in [-0.05, 0) is 87.0 Å². The van der Waals surface area contributed by atoms with Gasteiger partial charge in [0.25, 0.3) is 0 Å². The summed E-state index contributed by atoms with van der Waals surface area (Å²) in [5, 5.41) is 0.394. The van der Waals surface area contributed by atoms with E-state index in [1.165, 1.54) is 48.4 Å². The zero-order valence-corrected chi connectivity index (χ0v) is 21.0. The van der Waals surface area contributed by atoms with Gasteiger partial charge in [0.1, 0.15) is 5.75 Å². The number of thioether (sulfide) groups is 1. The Bertz CT molecular complexity index is 896. The van der Waals surface area contributed by atoms with E-state index < -0.39 is 0 Å². The molecule has 0 aliphatic carbocycles. The lowest BCUT2D eigenvalue weighted by molar-refractivity contribution is -0.131. The van der Waals surface area contributed by atoms with Crippen molar-refractivity contribution < 1.29 is 9.53 Å². The number of likely N-dealkylation sites (tertiary alicyclic amines) is 1. The first-order valence-corrected chi connectivity index (χ1v) is 13.4. The Hall–Kier alpha value is -1.98. The van der Waals surface area contributed by atoms with Crippen LogP contribution in [0, 0.1) is 5.92 Å². The van der Waals surface area contributed by atoms with Crippen molar-refractivity contribution in [2.75, 3.05) is 39.8 Å². The van der Waals surface area contributed by atoms with Crippen LogP contribution in [0.2, 0.25) is 0 Å². The third-order valence-corrected chi connectivity index (χ3v) is 8.22. The maximum absolute atomic E-state index is 13.0. The van der Waals surface area contributed by atoms with Gasteiger partial charge < -0.3 is 14.5 Å². The van der Waals surface area contributed by atoms with Gasteiger partial charge in [0.15, 0.2) is 0 Å². The smallest absolute Gasteiger partial charge is 0.222 e. The predicted molar refractivity (Wildman–Crippen MR) is 137 cm³/mol. The number of ether oxygens (including phenoxy) is 1. The highest BCUT2D eigenvalue weighted by Crippen LogP contribution is 2.32. The van der Waals surface area contributed by atoms with E-state index in [2.05, 4.69) is 59.2 Å². The van der Waals surface area contributed by atoms with E-state index in [-0.39, 0.29) is 0 Å². The zero-order valence-electron chi connectivity index (χ0n) is 20.2. The second-order valence-electron chi connectivity index (χ2n) is 9.57. The molecule has 0 bridgehead atoms. The van der Waals surface area contributed by atoms with Crippen LogP contribution in [0.1, 0.15) is 43.7 Å². The number of methoxy groups -OCH3 is 1. The molecule has 1 amide bonds. The first-order valence-electron chi connectivity index (χ1n) is 12.5. The minimum atomic E-state index is 0.313. The molecule has 1 saturated heterocycles. The Morgan fingerprint density at radius 2 is 1.88 bits per heavy atom. The topological polar surface area (TPSA) is 32.8 Å². The lowest BCUT2D eigenvalue weighted by Gasteiger charge is -2.32. The third-order valence-electron chi connectivity index (χ3n) is 7.02. The highest BCUT2D eigenvalue weighted by Gasteiger charge is 2.23. The van der Waals surface area contributed by atoms with Crippen LogP contribution >= 0.6 is 11.8 Å². The molecule has 2 aromatic carbocycles. The molecule has 0 saturated carbocycles.